The number of hydrogen-bond acceptors (Lipinski definition) is 9. The molecule has 0 aliphatic rings. The van der Waals surface area contributed by atoms with Crippen LogP contribution in [0.3, 0.4) is 0 Å². The van der Waals surface area contributed by atoms with Gasteiger partial charge in [-0.15, -0.1) is 0 Å². The number of nitro groups is 2. The molecule has 26 heavy (non-hydrogen) atoms. The second-order valence-electron chi connectivity index (χ2n) is 4.65. The first-order valence-corrected chi connectivity index (χ1v) is 6.72. The lowest BCUT2D eigenvalue weighted by atomic mass is 10.2. The summed E-state index contributed by atoms with van der Waals surface area (Å²) in [6.45, 7) is 0. The van der Waals surface area contributed by atoms with Gasteiger partial charge in [0.05, 0.1) is 21.0 Å². The zero-order chi connectivity index (χ0) is 19.3. The van der Waals surface area contributed by atoms with Crippen LogP contribution in [0.25, 0.3) is 0 Å². The number of rotatable bonds is 6. The number of hydrogen-bond donors (Lipinski definition) is 0. The van der Waals surface area contributed by atoms with Crippen molar-refractivity contribution in [2.24, 2.45) is 0 Å². The second-order valence-corrected chi connectivity index (χ2v) is 4.65. The second kappa shape index (κ2) is 7.61. The summed E-state index contributed by atoms with van der Waals surface area (Å²) < 4.78 is 9.56. The average Bonchev–Trinajstić information content (AvgIpc) is 2.60. The number of nitrogens with zero attached hydrogens (tertiary/aromatic N) is 2. The molecule has 0 aromatic heterocycles. The normalized spacial score (nSPS) is 9.85. The summed E-state index contributed by atoms with van der Waals surface area (Å²) in [5, 5.41) is 21.5. The van der Waals surface area contributed by atoms with E-state index in [0.717, 1.165) is 36.4 Å². The van der Waals surface area contributed by atoms with Crippen molar-refractivity contribution >= 4 is 30.1 Å². The van der Waals surface area contributed by atoms with Crippen molar-refractivity contribution < 1.29 is 33.7 Å². The van der Waals surface area contributed by atoms with Crippen LogP contribution in [0.4, 0.5) is 16.2 Å². The van der Waals surface area contributed by atoms with E-state index in [1.807, 2.05) is 0 Å². The predicted molar refractivity (Wildman–Crippen MR) is 83.6 cm³/mol. The molecule has 0 unspecified atom stereocenters. The lowest BCUT2D eigenvalue weighted by Crippen LogP contribution is -2.14. The van der Waals surface area contributed by atoms with Gasteiger partial charge in [0.15, 0.2) is 12.6 Å². The highest BCUT2D eigenvalue weighted by Gasteiger charge is 2.18. The van der Waals surface area contributed by atoms with Gasteiger partial charge in [-0.1, -0.05) is 0 Å². The highest BCUT2D eigenvalue weighted by atomic mass is 16.7. The Balaban J connectivity index is 2.16. The number of carbonyl (C=O) groups is 3. The number of carbonyl (C=O) groups excluding carboxylic acids is 3. The molecular weight excluding hydrogens is 352 g/mol. The molecule has 0 saturated carbocycles. The van der Waals surface area contributed by atoms with E-state index in [4.69, 9.17) is 9.47 Å². The smallest absolute Gasteiger partial charge is 0.395 e. The lowest BCUT2D eigenvalue weighted by Gasteiger charge is -2.06. The standard InChI is InChI=1S/C15H8N2O9/c18-7-9-5-11(1-3-13(9)16(21)22)25-15(20)26-12-2-4-14(17(23)24)10(6-12)8-19/h1-8H. The quantitative estimate of drug-likeness (QED) is 0.248. The van der Waals surface area contributed by atoms with Crippen molar-refractivity contribution in [1.29, 1.82) is 0 Å². The van der Waals surface area contributed by atoms with E-state index < -0.39 is 27.4 Å². The van der Waals surface area contributed by atoms with Crippen LogP contribution in [0.5, 0.6) is 11.5 Å². The lowest BCUT2D eigenvalue weighted by molar-refractivity contribution is -0.385. The molecule has 0 radical (unpaired) electrons. The van der Waals surface area contributed by atoms with Crippen molar-refractivity contribution in [1.82, 2.24) is 0 Å². The zero-order valence-electron chi connectivity index (χ0n) is 12.7. The maximum absolute atomic E-state index is 11.7. The Kier molecular flexibility index (Phi) is 5.33. The predicted octanol–water partition coefficient (Wildman–Crippen LogP) is 2.71. The fourth-order valence-corrected chi connectivity index (χ4v) is 1.93. The Morgan fingerprint density at radius 3 is 1.50 bits per heavy atom. The monoisotopic (exact) mass is 360 g/mol. The van der Waals surface area contributed by atoms with Gasteiger partial charge in [0.1, 0.15) is 11.5 Å². The van der Waals surface area contributed by atoms with Crippen LogP contribution in [0.1, 0.15) is 20.7 Å². The Morgan fingerprint density at radius 1 is 0.808 bits per heavy atom. The Bertz CT molecular complexity index is 850. The molecule has 0 heterocycles. The molecule has 0 bridgehead atoms. The van der Waals surface area contributed by atoms with Crippen LogP contribution in [0.15, 0.2) is 36.4 Å². The summed E-state index contributed by atoms with van der Waals surface area (Å²) in [6, 6.07) is 6.06. The van der Waals surface area contributed by atoms with Crippen molar-refractivity contribution in [2.45, 2.75) is 0 Å². The fraction of sp³-hybridized carbons (Fsp3) is 0. The summed E-state index contributed by atoms with van der Waals surface area (Å²) in [5.41, 5.74) is -1.55. The first-order chi connectivity index (χ1) is 12.3. The van der Waals surface area contributed by atoms with Crippen molar-refractivity contribution in [3.8, 4) is 11.5 Å². The number of benzene rings is 2. The first kappa shape index (κ1) is 18.2. The minimum absolute atomic E-state index is 0.194. The number of nitro benzene ring substituents is 2. The third-order valence-corrected chi connectivity index (χ3v) is 3.05. The SMILES string of the molecule is O=Cc1cc(OC(=O)Oc2ccc([N+](=O)[O-])c(C=O)c2)ccc1[N+](=O)[O-]. The van der Waals surface area contributed by atoms with Crippen LogP contribution < -0.4 is 9.47 Å². The molecule has 0 fully saturated rings. The van der Waals surface area contributed by atoms with E-state index in [1.54, 1.807) is 0 Å². The highest BCUT2D eigenvalue weighted by Crippen LogP contribution is 2.25. The molecule has 132 valence electrons. The van der Waals surface area contributed by atoms with Crippen molar-refractivity contribution in [2.75, 3.05) is 0 Å². The maximum atomic E-state index is 11.7. The van der Waals surface area contributed by atoms with E-state index >= 15 is 0 Å². The summed E-state index contributed by atoms with van der Waals surface area (Å²) in [5.74, 6) is -0.388. The molecule has 0 aliphatic carbocycles. The van der Waals surface area contributed by atoms with Crippen LogP contribution >= 0.6 is 0 Å². The van der Waals surface area contributed by atoms with E-state index in [0.29, 0.717) is 0 Å². The Labute approximate surface area is 144 Å². The van der Waals surface area contributed by atoms with Gasteiger partial charge in [-0.3, -0.25) is 29.8 Å². The van der Waals surface area contributed by atoms with Gasteiger partial charge in [-0.25, -0.2) is 4.79 Å². The molecule has 2 aromatic carbocycles. The zero-order valence-corrected chi connectivity index (χ0v) is 12.7. The Hall–Kier alpha value is -4.15. The van der Waals surface area contributed by atoms with Crippen LogP contribution in [0.2, 0.25) is 0 Å². The van der Waals surface area contributed by atoms with Gasteiger partial charge in [0.25, 0.3) is 11.4 Å². The number of aldehydes is 2. The van der Waals surface area contributed by atoms with E-state index in [2.05, 4.69) is 0 Å². The molecule has 0 N–H and O–H groups in total. The van der Waals surface area contributed by atoms with Gasteiger partial charge in [-0.05, 0) is 24.3 Å². The van der Waals surface area contributed by atoms with Crippen LogP contribution in [-0.4, -0.2) is 28.6 Å². The molecule has 2 aromatic rings. The van der Waals surface area contributed by atoms with E-state index in [9.17, 15) is 34.6 Å². The minimum Gasteiger partial charge on any atom is -0.395 e. The van der Waals surface area contributed by atoms with Crippen molar-refractivity contribution in [3.05, 3.63) is 67.8 Å². The van der Waals surface area contributed by atoms with Gasteiger partial charge >= 0.3 is 6.16 Å². The molecule has 11 nitrogen and oxygen atoms in total. The summed E-state index contributed by atoms with van der Waals surface area (Å²) in [6.07, 6.45) is -0.826. The third kappa shape index (κ3) is 4.03. The van der Waals surface area contributed by atoms with E-state index in [-0.39, 0.29) is 35.2 Å². The van der Waals surface area contributed by atoms with Gasteiger partial charge in [0.2, 0.25) is 0 Å². The molecule has 0 saturated heterocycles. The first-order valence-electron chi connectivity index (χ1n) is 6.72. The van der Waals surface area contributed by atoms with Gasteiger partial charge in [-0.2, -0.15) is 0 Å². The summed E-state index contributed by atoms with van der Waals surface area (Å²) in [4.78, 5) is 53.3. The highest BCUT2D eigenvalue weighted by molar-refractivity contribution is 5.83. The molecule has 0 atom stereocenters. The van der Waals surface area contributed by atoms with Crippen molar-refractivity contribution in [3.63, 3.8) is 0 Å². The largest absolute Gasteiger partial charge is 0.519 e. The minimum atomic E-state index is -1.28. The molecule has 2 rings (SSSR count). The van der Waals surface area contributed by atoms with Gasteiger partial charge < -0.3 is 9.47 Å². The molecule has 0 amide bonds. The maximum Gasteiger partial charge on any atom is 0.519 e. The van der Waals surface area contributed by atoms with Gasteiger partial charge in [0, 0.05) is 12.1 Å². The molecule has 11 heteroatoms. The molecular formula is C15H8N2O9. The molecule has 0 aliphatic heterocycles. The average molecular weight is 360 g/mol. The van der Waals surface area contributed by atoms with Crippen LogP contribution in [-0.2, 0) is 0 Å². The van der Waals surface area contributed by atoms with E-state index in [1.165, 1.54) is 0 Å². The summed E-state index contributed by atoms with van der Waals surface area (Å²) >= 11 is 0. The van der Waals surface area contributed by atoms with Crippen LogP contribution in [0, 0.1) is 20.2 Å². The number of ether oxygens (including phenoxy) is 2. The topological polar surface area (TPSA) is 156 Å². The fourth-order valence-electron chi connectivity index (χ4n) is 1.93. The summed E-state index contributed by atoms with van der Waals surface area (Å²) in [7, 11) is 0. The Morgan fingerprint density at radius 2 is 1.19 bits per heavy atom. The molecule has 0 spiro atoms. The third-order valence-electron chi connectivity index (χ3n) is 3.05.